The first-order valence-electron chi connectivity index (χ1n) is 10.1. The number of hydrazone groups is 1. The van der Waals surface area contributed by atoms with Crippen molar-refractivity contribution >= 4 is 46.3 Å². The van der Waals surface area contributed by atoms with Crippen molar-refractivity contribution in [1.82, 2.24) is 5.43 Å². The van der Waals surface area contributed by atoms with Gasteiger partial charge in [-0.25, -0.2) is 9.82 Å². The summed E-state index contributed by atoms with van der Waals surface area (Å²) in [7, 11) is 1.40. The second-order valence-electron chi connectivity index (χ2n) is 7.16. The number of carbonyl (C=O) groups is 2. The summed E-state index contributed by atoms with van der Waals surface area (Å²) in [4.78, 5) is 24.3. The number of rotatable bonds is 8. The van der Waals surface area contributed by atoms with Crippen molar-refractivity contribution in [3.8, 4) is 11.5 Å². The van der Waals surface area contributed by atoms with Crippen molar-refractivity contribution in [2.45, 2.75) is 6.18 Å². The molecule has 36 heavy (non-hydrogen) atoms. The Hall–Kier alpha value is -3.68. The molecule has 0 heterocycles. The van der Waals surface area contributed by atoms with E-state index in [9.17, 15) is 27.2 Å². The van der Waals surface area contributed by atoms with Crippen molar-refractivity contribution in [2.75, 3.05) is 19.0 Å². The molecule has 0 saturated carbocycles. The molecule has 2 amide bonds. The number of alkyl halides is 3. The summed E-state index contributed by atoms with van der Waals surface area (Å²) < 4.78 is 63.0. The third-order valence-corrected chi connectivity index (χ3v) is 5.36. The largest absolute Gasteiger partial charge is 0.493 e. The first-order valence-corrected chi connectivity index (χ1v) is 11.2. The summed E-state index contributed by atoms with van der Waals surface area (Å²) in [5, 5.41) is 6.36. The first-order chi connectivity index (χ1) is 17.1. The SMILES string of the molecule is COc1cc(/C=N\NC(=O)c2cccc(C(F)(F)F)c2)cc(I)c1OCC(=O)Nc1ccc(F)cc1. The molecule has 0 aliphatic carbocycles. The van der Waals surface area contributed by atoms with Crippen LogP contribution in [0.2, 0.25) is 0 Å². The maximum atomic E-state index is 13.0. The average molecular weight is 615 g/mol. The highest BCUT2D eigenvalue weighted by atomic mass is 127. The fraction of sp³-hybridized carbons (Fsp3) is 0.125. The maximum absolute atomic E-state index is 13.0. The van der Waals surface area contributed by atoms with E-state index < -0.39 is 29.4 Å². The van der Waals surface area contributed by atoms with Crippen LogP contribution in [0, 0.1) is 9.39 Å². The van der Waals surface area contributed by atoms with E-state index in [1.54, 1.807) is 6.07 Å². The van der Waals surface area contributed by atoms with Gasteiger partial charge in [0.15, 0.2) is 18.1 Å². The number of amides is 2. The Bertz CT molecular complexity index is 1280. The molecule has 7 nitrogen and oxygen atoms in total. The van der Waals surface area contributed by atoms with Gasteiger partial charge in [-0.1, -0.05) is 6.07 Å². The zero-order valence-electron chi connectivity index (χ0n) is 18.5. The predicted molar refractivity (Wildman–Crippen MR) is 133 cm³/mol. The number of hydrogen-bond acceptors (Lipinski definition) is 5. The number of anilines is 1. The second-order valence-corrected chi connectivity index (χ2v) is 8.32. The molecule has 0 saturated heterocycles. The zero-order chi connectivity index (χ0) is 26.3. The summed E-state index contributed by atoms with van der Waals surface area (Å²) in [6.45, 7) is -0.343. The maximum Gasteiger partial charge on any atom is 0.416 e. The van der Waals surface area contributed by atoms with Crippen molar-refractivity contribution in [1.29, 1.82) is 0 Å². The Morgan fingerprint density at radius 2 is 1.81 bits per heavy atom. The molecule has 0 aliphatic heterocycles. The quantitative estimate of drug-likeness (QED) is 0.157. The van der Waals surface area contributed by atoms with Gasteiger partial charge in [0.05, 0.1) is 22.5 Å². The average Bonchev–Trinajstić information content (AvgIpc) is 2.84. The fourth-order valence-corrected chi connectivity index (χ4v) is 3.67. The van der Waals surface area contributed by atoms with E-state index in [1.807, 2.05) is 22.6 Å². The fourth-order valence-electron chi connectivity index (χ4n) is 2.89. The molecular weight excluding hydrogens is 597 g/mol. The number of halogens is 5. The minimum atomic E-state index is -4.57. The summed E-state index contributed by atoms with van der Waals surface area (Å²) in [6.07, 6.45) is -3.29. The van der Waals surface area contributed by atoms with Gasteiger partial charge in [0.1, 0.15) is 5.82 Å². The van der Waals surface area contributed by atoms with Gasteiger partial charge < -0.3 is 14.8 Å². The molecule has 3 aromatic rings. The summed E-state index contributed by atoms with van der Waals surface area (Å²) >= 11 is 1.96. The Labute approximate surface area is 216 Å². The second kappa shape index (κ2) is 11.8. The van der Waals surface area contributed by atoms with Crippen LogP contribution in [0.1, 0.15) is 21.5 Å². The minimum absolute atomic E-state index is 0.197. The van der Waals surface area contributed by atoms with E-state index in [-0.39, 0.29) is 23.7 Å². The van der Waals surface area contributed by atoms with Crippen LogP contribution in [0.5, 0.6) is 11.5 Å². The molecule has 0 unspecified atom stereocenters. The minimum Gasteiger partial charge on any atom is -0.493 e. The molecule has 0 radical (unpaired) electrons. The first kappa shape index (κ1) is 26.9. The molecule has 0 aliphatic rings. The van der Waals surface area contributed by atoms with Crippen molar-refractivity contribution in [3.05, 3.63) is 86.7 Å². The van der Waals surface area contributed by atoms with Gasteiger partial charge in [-0.2, -0.15) is 18.3 Å². The summed E-state index contributed by atoms with van der Waals surface area (Å²) in [5.74, 6) is -1.14. The van der Waals surface area contributed by atoms with Crippen LogP contribution in [0.25, 0.3) is 0 Å². The summed E-state index contributed by atoms with van der Waals surface area (Å²) in [5.41, 5.74) is 1.93. The molecule has 0 fully saturated rings. The monoisotopic (exact) mass is 615 g/mol. The third-order valence-electron chi connectivity index (χ3n) is 4.56. The van der Waals surface area contributed by atoms with E-state index >= 15 is 0 Å². The number of nitrogens with zero attached hydrogens (tertiary/aromatic N) is 1. The number of nitrogens with one attached hydrogen (secondary N) is 2. The molecule has 0 aromatic heterocycles. The van der Waals surface area contributed by atoms with E-state index in [4.69, 9.17) is 9.47 Å². The number of carbonyl (C=O) groups excluding carboxylic acids is 2. The van der Waals surface area contributed by atoms with Gasteiger partial charge in [-0.15, -0.1) is 0 Å². The topological polar surface area (TPSA) is 89.0 Å². The van der Waals surface area contributed by atoms with E-state index in [1.165, 1.54) is 49.7 Å². The van der Waals surface area contributed by atoms with Gasteiger partial charge in [-0.05, 0) is 82.8 Å². The third kappa shape index (κ3) is 7.41. The number of ether oxygens (including phenoxy) is 2. The van der Waals surface area contributed by atoms with Crippen LogP contribution in [0.3, 0.4) is 0 Å². The number of benzene rings is 3. The molecule has 0 spiro atoms. The molecule has 3 aromatic carbocycles. The molecule has 2 N–H and O–H groups in total. The Balaban J connectivity index is 1.63. The van der Waals surface area contributed by atoms with E-state index in [0.717, 1.165) is 18.2 Å². The van der Waals surface area contributed by atoms with Crippen LogP contribution in [0.15, 0.2) is 65.8 Å². The lowest BCUT2D eigenvalue weighted by atomic mass is 10.1. The van der Waals surface area contributed by atoms with Crippen LogP contribution >= 0.6 is 22.6 Å². The standard InChI is InChI=1S/C24H18F4IN3O4/c1-35-20-10-14(12-30-32-23(34)15-3-2-4-16(11-15)24(26,27)28)9-19(29)22(20)36-13-21(33)31-18-7-5-17(25)6-8-18/h2-12H,13H2,1H3,(H,31,33)(H,32,34)/b30-12-. The van der Waals surface area contributed by atoms with Crippen LogP contribution in [0.4, 0.5) is 23.2 Å². The normalized spacial score (nSPS) is 11.3. The van der Waals surface area contributed by atoms with Crippen molar-refractivity contribution in [3.63, 3.8) is 0 Å². The molecule has 0 bridgehead atoms. The van der Waals surface area contributed by atoms with Crippen molar-refractivity contribution in [2.24, 2.45) is 5.10 Å². The lowest BCUT2D eigenvalue weighted by Gasteiger charge is -2.13. The van der Waals surface area contributed by atoms with Gasteiger partial charge in [0, 0.05) is 11.3 Å². The highest BCUT2D eigenvalue weighted by molar-refractivity contribution is 14.1. The Morgan fingerprint density at radius 1 is 1.08 bits per heavy atom. The van der Waals surface area contributed by atoms with Crippen LogP contribution in [-0.2, 0) is 11.0 Å². The van der Waals surface area contributed by atoms with Gasteiger partial charge in [0.25, 0.3) is 11.8 Å². The van der Waals surface area contributed by atoms with Gasteiger partial charge in [0.2, 0.25) is 0 Å². The molecular formula is C24H18F4IN3O4. The highest BCUT2D eigenvalue weighted by Crippen LogP contribution is 2.33. The molecule has 188 valence electrons. The van der Waals surface area contributed by atoms with Gasteiger partial charge >= 0.3 is 6.18 Å². The van der Waals surface area contributed by atoms with Crippen LogP contribution < -0.4 is 20.2 Å². The molecule has 12 heteroatoms. The smallest absolute Gasteiger partial charge is 0.416 e. The lowest BCUT2D eigenvalue weighted by Crippen LogP contribution is -2.20. The molecule has 3 rings (SSSR count). The van der Waals surface area contributed by atoms with E-state index in [2.05, 4.69) is 15.8 Å². The lowest BCUT2D eigenvalue weighted by molar-refractivity contribution is -0.137. The Morgan fingerprint density at radius 3 is 2.47 bits per heavy atom. The zero-order valence-corrected chi connectivity index (χ0v) is 20.7. The number of hydrogen-bond donors (Lipinski definition) is 2. The van der Waals surface area contributed by atoms with Gasteiger partial charge in [-0.3, -0.25) is 9.59 Å². The van der Waals surface area contributed by atoms with E-state index in [0.29, 0.717) is 14.8 Å². The van der Waals surface area contributed by atoms with Crippen LogP contribution in [-0.4, -0.2) is 31.7 Å². The summed E-state index contributed by atoms with van der Waals surface area (Å²) in [6, 6.07) is 12.4. The number of methoxy groups -OCH3 is 1. The highest BCUT2D eigenvalue weighted by Gasteiger charge is 2.30. The predicted octanol–water partition coefficient (Wildman–Crippen LogP) is 5.24. The Kier molecular flexibility index (Phi) is 8.85. The molecule has 0 atom stereocenters. The van der Waals surface area contributed by atoms with Crippen molar-refractivity contribution < 1.29 is 36.6 Å².